The maximum Gasteiger partial charge on any atom is 0.287 e. The Labute approximate surface area is 96.2 Å². The van der Waals surface area contributed by atoms with Gasteiger partial charge in [0.05, 0.1) is 11.2 Å². The summed E-state index contributed by atoms with van der Waals surface area (Å²) in [6.07, 6.45) is 1.23. The molecule has 15 heavy (non-hydrogen) atoms. The smallest absolute Gasteiger partial charge is 0.287 e. The molecule has 0 unspecified atom stereocenters. The number of carbonyl (C=O) groups excluding carboxylic acids is 1. The van der Waals surface area contributed by atoms with E-state index in [1.165, 1.54) is 11.1 Å². The van der Waals surface area contributed by atoms with Crippen molar-refractivity contribution < 1.29 is 4.79 Å². The van der Waals surface area contributed by atoms with Gasteiger partial charge in [0.2, 0.25) is 5.91 Å². The molecular weight excluding hydrogens is 241 g/mol. The van der Waals surface area contributed by atoms with E-state index in [1.54, 1.807) is 14.1 Å². The molecule has 1 aromatic heterocycles. The van der Waals surface area contributed by atoms with Gasteiger partial charge in [-0.2, -0.15) is 5.10 Å². The Hall–Kier alpha value is -1.07. The van der Waals surface area contributed by atoms with Crippen LogP contribution < -0.4 is 5.56 Å². The molecule has 0 spiro atoms. The third-order valence-corrected chi connectivity index (χ3v) is 2.47. The molecule has 1 aromatic rings. The van der Waals surface area contributed by atoms with Crippen molar-refractivity contribution in [3.8, 4) is 0 Å². The number of carbonyl (C=O) groups is 1. The maximum absolute atomic E-state index is 11.5. The highest BCUT2D eigenvalue weighted by Crippen LogP contribution is 2.14. The first-order valence-corrected chi connectivity index (χ1v) is 4.80. The van der Waals surface area contributed by atoms with E-state index in [2.05, 4.69) is 5.10 Å². The Bertz CT molecular complexity index is 442. The molecule has 0 N–H and O–H groups in total. The van der Waals surface area contributed by atoms with Crippen molar-refractivity contribution in [2.75, 3.05) is 14.1 Å². The molecule has 0 bridgehead atoms. The zero-order valence-electron chi connectivity index (χ0n) is 8.20. The number of hydrogen-bond donors (Lipinski definition) is 0. The molecule has 0 fully saturated rings. The van der Waals surface area contributed by atoms with Gasteiger partial charge in [0.25, 0.3) is 5.56 Å². The van der Waals surface area contributed by atoms with E-state index in [0.717, 1.165) is 4.68 Å². The fourth-order valence-electron chi connectivity index (χ4n) is 0.827. The van der Waals surface area contributed by atoms with Crippen molar-refractivity contribution in [3.63, 3.8) is 0 Å². The lowest BCUT2D eigenvalue weighted by atomic mass is 10.5. The molecule has 0 aliphatic rings. The minimum Gasteiger partial charge on any atom is -0.347 e. The van der Waals surface area contributed by atoms with Crippen LogP contribution in [0.4, 0.5) is 0 Å². The van der Waals surface area contributed by atoms with Gasteiger partial charge in [-0.3, -0.25) is 9.59 Å². The Morgan fingerprint density at radius 3 is 2.67 bits per heavy atom. The van der Waals surface area contributed by atoms with Crippen LogP contribution in [-0.2, 0) is 11.3 Å². The molecule has 0 saturated heterocycles. The van der Waals surface area contributed by atoms with Crippen molar-refractivity contribution >= 4 is 29.1 Å². The Balaban J connectivity index is 3.03. The summed E-state index contributed by atoms with van der Waals surface area (Å²) in [7, 11) is 3.18. The largest absolute Gasteiger partial charge is 0.347 e. The first kappa shape index (κ1) is 12.0. The average Bonchev–Trinajstić information content (AvgIpc) is 2.18. The van der Waals surface area contributed by atoms with E-state index in [0.29, 0.717) is 0 Å². The molecule has 0 aromatic carbocycles. The van der Waals surface area contributed by atoms with Crippen LogP contribution in [0.15, 0.2) is 11.0 Å². The molecule has 0 atom stereocenters. The van der Waals surface area contributed by atoms with Gasteiger partial charge in [-0.25, -0.2) is 4.68 Å². The van der Waals surface area contributed by atoms with Gasteiger partial charge >= 0.3 is 0 Å². The zero-order valence-corrected chi connectivity index (χ0v) is 9.71. The van der Waals surface area contributed by atoms with E-state index >= 15 is 0 Å². The second-order valence-electron chi connectivity index (χ2n) is 3.06. The molecule has 1 rings (SSSR count). The van der Waals surface area contributed by atoms with Crippen LogP contribution in [-0.4, -0.2) is 34.7 Å². The van der Waals surface area contributed by atoms with E-state index in [9.17, 15) is 9.59 Å². The topological polar surface area (TPSA) is 55.2 Å². The number of hydrogen-bond acceptors (Lipinski definition) is 3. The van der Waals surface area contributed by atoms with Gasteiger partial charge in [-0.15, -0.1) is 0 Å². The molecular formula is C8H9Cl2N3O2. The lowest BCUT2D eigenvalue weighted by Gasteiger charge is -2.10. The summed E-state index contributed by atoms with van der Waals surface area (Å²) < 4.78 is 0.969. The van der Waals surface area contributed by atoms with Crippen molar-refractivity contribution in [2.24, 2.45) is 0 Å². The number of nitrogens with zero attached hydrogens (tertiary/aromatic N) is 3. The summed E-state index contributed by atoms with van der Waals surface area (Å²) in [6.45, 7) is -0.150. The summed E-state index contributed by atoms with van der Waals surface area (Å²) in [6, 6.07) is 0. The van der Waals surface area contributed by atoms with Gasteiger partial charge in [-0.1, -0.05) is 23.2 Å². The second kappa shape index (κ2) is 4.63. The Morgan fingerprint density at radius 1 is 1.53 bits per heavy atom. The predicted octanol–water partition coefficient (Wildman–Crippen LogP) is 0.638. The van der Waals surface area contributed by atoms with Gasteiger partial charge in [0.15, 0.2) is 0 Å². The molecule has 0 radical (unpaired) electrons. The van der Waals surface area contributed by atoms with Crippen LogP contribution >= 0.6 is 23.2 Å². The van der Waals surface area contributed by atoms with Gasteiger partial charge < -0.3 is 4.90 Å². The van der Waals surface area contributed by atoms with Gasteiger partial charge in [0, 0.05) is 14.1 Å². The highest BCUT2D eigenvalue weighted by Gasteiger charge is 2.11. The maximum atomic E-state index is 11.5. The number of halogens is 2. The molecule has 7 heteroatoms. The monoisotopic (exact) mass is 249 g/mol. The number of likely N-dealkylation sites (N-methyl/N-ethyl adjacent to an activating group) is 1. The summed E-state index contributed by atoms with van der Waals surface area (Å²) in [5.41, 5.74) is -0.570. The molecule has 1 heterocycles. The first-order valence-electron chi connectivity index (χ1n) is 4.04. The lowest BCUT2D eigenvalue weighted by molar-refractivity contribution is -0.129. The summed E-state index contributed by atoms with van der Waals surface area (Å²) in [5.74, 6) is -0.247. The van der Waals surface area contributed by atoms with Crippen LogP contribution in [0.25, 0.3) is 0 Å². The van der Waals surface area contributed by atoms with Crippen molar-refractivity contribution in [2.45, 2.75) is 6.54 Å². The van der Waals surface area contributed by atoms with Crippen LogP contribution in [0, 0.1) is 0 Å². The van der Waals surface area contributed by atoms with Crippen LogP contribution in [0.5, 0.6) is 0 Å². The highest BCUT2D eigenvalue weighted by molar-refractivity contribution is 6.41. The number of rotatable bonds is 2. The minimum atomic E-state index is -0.570. The zero-order chi connectivity index (χ0) is 11.6. The number of aromatic nitrogens is 2. The quantitative estimate of drug-likeness (QED) is 0.773. The van der Waals surface area contributed by atoms with E-state index in [-0.39, 0.29) is 22.5 Å². The Morgan fingerprint density at radius 2 is 2.13 bits per heavy atom. The number of amides is 1. The molecule has 0 aliphatic heterocycles. The van der Waals surface area contributed by atoms with E-state index < -0.39 is 5.56 Å². The second-order valence-corrected chi connectivity index (χ2v) is 3.84. The minimum absolute atomic E-state index is 0.0789. The van der Waals surface area contributed by atoms with Crippen molar-refractivity contribution in [1.29, 1.82) is 0 Å². The Kier molecular flexibility index (Phi) is 3.71. The molecule has 0 aliphatic carbocycles. The van der Waals surface area contributed by atoms with Crippen molar-refractivity contribution in [1.82, 2.24) is 14.7 Å². The third-order valence-electron chi connectivity index (χ3n) is 1.73. The molecule has 5 nitrogen and oxygen atoms in total. The SMILES string of the molecule is CN(C)C(=O)Cn1ncc(Cl)c(Cl)c1=O. The summed E-state index contributed by atoms with van der Waals surface area (Å²) in [5, 5.41) is 3.65. The van der Waals surface area contributed by atoms with Crippen LogP contribution in [0.3, 0.4) is 0 Å². The summed E-state index contributed by atoms with van der Waals surface area (Å²) >= 11 is 11.2. The first-order chi connectivity index (χ1) is 6.93. The van der Waals surface area contributed by atoms with Gasteiger partial charge in [0.1, 0.15) is 11.6 Å². The van der Waals surface area contributed by atoms with Crippen LogP contribution in [0.1, 0.15) is 0 Å². The average molecular weight is 250 g/mol. The van der Waals surface area contributed by atoms with Crippen molar-refractivity contribution in [3.05, 3.63) is 26.6 Å². The normalized spacial score (nSPS) is 10.1. The molecule has 0 saturated carbocycles. The fraction of sp³-hybridized carbons (Fsp3) is 0.375. The highest BCUT2D eigenvalue weighted by atomic mass is 35.5. The lowest BCUT2D eigenvalue weighted by Crippen LogP contribution is -2.33. The predicted molar refractivity (Wildman–Crippen MR) is 57.2 cm³/mol. The molecule has 82 valence electrons. The van der Waals surface area contributed by atoms with Crippen LogP contribution in [0.2, 0.25) is 10.0 Å². The molecule has 1 amide bonds. The summed E-state index contributed by atoms with van der Waals surface area (Å²) in [4.78, 5) is 24.1. The van der Waals surface area contributed by atoms with Gasteiger partial charge in [-0.05, 0) is 0 Å². The third kappa shape index (κ3) is 2.70. The fourth-order valence-corrected chi connectivity index (χ4v) is 1.10. The standard InChI is InChI=1S/C8H9Cl2N3O2/c1-12(2)6(14)4-13-8(15)7(10)5(9)3-11-13/h3H,4H2,1-2H3. The van der Waals surface area contributed by atoms with E-state index in [4.69, 9.17) is 23.2 Å². The van der Waals surface area contributed by atoms with E-state index in [1.807, 2.05) is 0 Å².